The summed E-state index contributed by atoms with van der Waals surface area (Å²) in [5.74, 6) is -0.229. The number of halogens is 1. The van der Waals surface area contributed by atoms with Crippen molar-refractivity contribution in [2.24, 2.45) is 0 Å². The number of piperidine rings is 1. The lowest BCUT2D eigenvalue weighted by atomic mass is 10.00. The summed E-state index contributed by atoms with van der Waals surface area (Å²) in [5.41, 5.74) is 0.455. The Bertz CT molecular complexity index is 1040. The van der Waals surface area contributed by atoms with Crippen molar-refractivity contribution in [3.63, 3.8) is 0 Å². The Morgan fingerprint density at radius 2 is 2.11 bits per heavy atom. The highest BCUT2D eigenvalue weighted by Gasteiger charge is 2.33. The van der Waals surface area contributed by atoms with Gasteiger partial charge in [-0.3, -0.25) is 4.98 Å². The molecule has 0 spiro atoms. The number of benzene rings is 1. The Morgan fingerprint density at radius 3 is 2.89 bits per heavy atom. The standard InChI is InChI=1S/C17H16FN5O3S/c18-13-4-1-5-14(9-13)27(24,25)23-8-2-3-12(11-23)16-21-22-17(26-16)15-10-19-6-7-20-15/h1,4-7,9-10,12H,2-3,8,11H2. The van der Waals surface area contributed by atoms with Crippen LogP contribution in [-0.2, 0) is 10.0 Å². The van der Waals surface area contributed by atoms with E-state index in [0.717, 1.165) is 12.5 Å². The number of hydrogen-bond donors (Lipinski definition) is 0. The predicted molar refractivity (Wildman–Crippen MR) is 92.5 cm³/mol. The van der Waals surface area contributed by atoms with Crippen molar-refractivity contribution in [2.45, 2.75) is 23.7 Å². The van der Waals surface area contributed by atoms with Crippen LogP contribution in [0, 0.1) is 5.82 Å². The molecule has 0 bridgehead atoms. The van der Waals surface area contributed by atoms with E-state index in [2.05, 4.69) is 20.2 Å². The molecule has 140 valence electrons. The maximum absolute atomic E-state index is 13.4. The van der Waals surface area contributed by atoms with Crippen LogP contribution < -0.4 is 0 Å². The van der Waals surface area contributed by atoms with Crippen LogP contribution in [0.25, 0.3) is 11.6 Å². The van der Waals surface area contributed by atoms with Crippen molar-refractivity contribution in [2.75, 3.05) is 13.1 Å². The van der Waals surface area contributed by atoms with Crippen molar-refractivity contribution < 1.29 is 17.2 Å². The fourth-order valence-corrected chi connectivity index (χ4v) is 4.61. The van der Waals surface area contributed by atoms with Gasteiger partial charge in [-0.2, -0.15) is 4.31 Å². The average molecular weight is 389 g/mol. The topological polar surface area (TPSA) is 102 Å². The molecule has 4 rings (SSSR count). The molecule has 0 amide bonds. The lowest BCUT2D eigenvalue weighted by molar-refractivity contribution is 0.286. The Labute approximate surface area is 155 Å². The molecule has 0 radical (unpaired) electrons. The van der Waals surface area contributed by atoms with Crippen LogP contribution in [0.1, 0.15) is 24.7 Å². The smallest absolute Gasteiger partial charge is 0.267 e. The minimum atomic E-state index is -3.79. The monoisotopic (exact) mass is 389 g/mol. The Morgan fingerprint density at radius 1 is 1.22 bits per heavy atom. The molecule has 1 unspecified atom stereocenters. The highest BCUT2D eigenvalue weighted by Crippen LogP contribution is 2.30. The summed E-state index contributed by atoms with van der Waals surface area (Å²) in [5, 5.41) is 8.04. The third kappa shape index (κ3) is 3.58. The molecule has 3 heterocycles. The van der Waals surface area contributed by atoms with Gasteiger partial charge < -0.3 is 4.42 Å². The van der Waals surface area contributed by atoms with Crippen molar-refractivity contribution in [3.8, 4) is 11.6 Å². The van der Waals surface area contributed by atoms with Gasteiger partial charge >= 0.3 is 0 Å². The first kappa shape index (κ1) is 17.7. The van der Waals surface area contributed by atoms with E-state index in [-0.39, 0.29) is 23.2 Å². The molecule has 1 atom stereocenters. The van der Waals surface area contributed by atoms with E-state index >= 15 is 0 Å². The molecule has 8 nitrogen and oxygen atoms in total. The van der Waals surface area contributed by atoms with Gasteiger partial charge in [0.15, 0.2) is 0 Å². The summed E-state index contributed by atoms with van der Waals surface area (Å²) >= 11 is 0. The van der Waals surface area contributed by atoms with E-state index in [4.69, 9.17) is 4.42 Å². The Balaban J connectivity index is 1.56. The van der Waals surface area contributed by atoms with Crippen molar-refractivity contribution in [1.82, 2.24) is 24.5 Å². The van der Waals surface area contributed by atoms with E-state index in [1.54, 1.807) is 0 Å². The zero-order valence-electron chi connectivity index (χ0n) is 14.2. The lowest BCUT2D eigenvalue weighted by Gasteiger charge is -2.30. The Kier molecular flexibility index (Phi) is 4.66. The molecular weight excluding hydrogens is 373 g/mol. The number of sulfonamides is 1. The molecule has 1 saturated heterocycles. The fourth-order valence-electron chi connectivity index (χ4n) is 3.05. The van der Waals surface area contributed by atoms with Gasteiger partial charge in [0.1, 0.15) is 11.5 Å². The average Bonchev–Trinajstić information content (AvgIpc) is 3.19. The van der Waals surface area contributed by atoms with Crippen LogP contribution in [0.15, 0.2) is 52.2 Å². The molecule has 0 aliphatic carbocycles. The van der Waals surface area contributed by atoms with Gasteiger partial charge in [-0.05, 0) is 31.0 Å². The van der Waals surface area contributed by atoms with E-state index in [1.165, 1.54) is 41.1 Å². The molecule has 2 aromatic heterocycles. The zero-order chi connectivity index (χ0) is 18.9. The number of rotatable bonds is 4. The Hall–Kier alpha value is -2.72. The van der Waals surface area contributed by atoms with Crippen LogP contribution in [0.4, 0.5) is 4.39 Å². The van der Waals surface area contributed by atoms with Crippen molar-refractivity contribution >= 4 is 10.0 Å². The summed E-state index contributed by atoms with van der Waals surface area (Å²) in [4.78, 5) is 8.01. The second-order valence-electron chi connectivity index (χ2n) is 6.20. The third-order valence-electron chi connectivity index (χ3n) is 4.39. The lowest BCUT2D eigenvalue weighted by Crippen LogP contribution is -2.39. The molecule has 1 aliphatic heterocycles. The first-order valence-electron chi connectivity index (χ1n) is 8.39. The molecule has 0 saturated carbocycles. The summed E-state index contributed by atoms with van der Waals surface area (Å²) in [6.07, 6.45) is 5.93. The quantitative estimate of drug-likeness (QED) is 0.674. The first-order valence-corrected chi connectivity index (χ1v) is 9.83. The maximum Gasteiger partial charge on any atom is 0.267 e. The predicted octanol–water partition coefficient (Wildman–Crippen LogP) is 2.23. The molecule has 0 N–H and O–H groups in total. The first-order chi connectivity index (χ1) is 13.0. The highest BCUT2D eigenvalue weighted by molar-refractivity contribution is 7.89. The number of aromatic nitrogens is 4. The number of nitrogens with zero attached hydrogens (tertiary/aromatic N) is 5. The van der Waals surface area contributed by atoms with Crippen LogP contribution in [0.3, 0.4) is 0 Å². The van der Waals surface area contributed by atoms with Gasteiger partial charge in [0.2, 0.25) is 15.9 Å². The summed E-state index contributed by atoms with van der Waals surface area (Å²) in [6, 6.07) is 5.01. The molecule has 1 aliphatic rings. The van der Waals surface area contributed by atoms with Gasteiger partial charge in [-0.1, -0.05) is 6.07 Å². The largest absolute Gasteiger partial charge is 0.419 e. The number of hydrogen-bond acceptors (Lipinski definition) is 7. The van der Waals surface area contributed by atoms with Crippen LogP contribution in [-0.4, -0.2) is 46.0 Å². The summed E-state index contributed by atoms with van der Waals surface area (Å²) in [7, 11) is -3.79. The van der Waals surface area contributed by atoms with Crippen molar-refractivity contribution in [3.05, 3.63) is 54.6 Å². The van der Waals surface area contributed by atoms with Crippen LogP contribution in [0.2, 0.25) is 0 Å². The third-order valence-corrected chi connectivity index (χ3v) is 6.25. The summed E-state index contributed by atoms with van der Waals surface area (Å²) < 4.78 is 46.1. The van der Waals surface area contributed by atoms with Crippen LogP contribution in [0.5, 0.6) is 0 Å². The zero-order valence-corrected chi connectivity index (χ0v) is 15.0. The minimum Gasteiger partial charge on any atom is -0.419 e. The minimum absolute atomic E-state index is 0.0612. The van der Waals surface area contributed by atoms with Gasteiger partial charge in [0, 0.05) is 25.5 Å². The normalized spacial score (nSPS) is 18.5. The van der Waals surface area contributed by atoms with Crippen molar-refractivity contribution in [1.29, 1.82) is 0 Å². The van der Waals surface area contributed by atoms with Crippen LogP contribution >= 0.6 is 0 Å². The maximum atomic E-state index is 13.4. The molecule has 1 aromatic carbocycles. The molecular formula is C17H16FN5O3S. The second-order valence-corrected chi connectivity index (χ2v) is 8.13. The second kappa shape index (κ2) is 7.12. The van der Waals surface area contributed by atoms with E-state index in [1.807, 2.05) is 0 Å². The van der Waals surface area contributed by atoms with Gasteiger partial charge in [0.25, 0.3) is 5.89 Å². The van der Waals surface area contributed by atoms with Gasteiger partial charge in [0.05, 0.1) is 17.0 Å². The molecule has 3 aromatic rings. The van der Waals surface area contributed by atoms with E-state index in [0.29, 0.717) is 24.6 Å². The SMILES string of the molecule is O=S(=O)(c1cccc(F)c1)N1CCCC(c2nnc(-c3cnccn3)o2)C1. The summed E-state index contributed by atoms with van der Waals surface area (Å²) in [6.45, 7) is 0.557. The van der Waals surface area contributed by atoms with Gasteiger partial charge in [-0.15, -0.1) is 10.2 Å². The fraction of sp³-hybridized carbons (Fsp3) is 0.294. The van der Waals surface area contributed by atoms with E-state index in [9.17, 15) is 12.8 Å². The molecule has 1 fully saturated rings. The highest BCUT2D eigenvalue weighted by atomic mass is 32.2. The van der Waals surface area contributed by atoms with Gasteiger partial charge in [-0.25, -0.2) is 17.8 Å². The molecule has 27 heavy (non-hydrogen) atoms. The van der Waals surface area contributed by atoms with E-state index < -0.39 is 15.8 Å². The molecule has 10 heteroatoms.